The number of ether oxygens (including phenoxy) is 5. The Bertz CT molecular complexity index is 3440. The molecule has 0 bridgehead atoms. The maximum atomic E-state index is 13.7. The van der Waals surface area contributed by atoms with E-state index in [1.54, 1.807) is 49.4 Å². The number of benzene rings is 6. The molecule has 0 radical (unpaired) electrons. The number of aliphatic hydroxyl groups excluding tert-OH is 1. The Hall–Kier alpha value is -8.29. The number of pyridine rings is 2. The smallest absolute Gasteiger partial charge is 0.346 e. The van der Waals surface area contributed by atoms with Crippen molar-refractivity contribution in [2.24, 2.45) is 10.8 Å². The van der Waals surface area contributed by atoms with Crippen molar-refractivity contribution in [3.8, 4) is 45.3 Å². The van der Waals surface area contributed by atoms with Crippen molar-refractivity contribution in [1.29, 1.82) is 0 Å². The second kappa shape index (κ2) is 26.1. The normalized spacial score (nSPS) is 12.2. The topological polar surface area (TPSA) is 150 Å². The van der Waals surface area contributed by atoms with Gasteiger partial charge in [-0.3, -0.25) is 19.4 Å². The number of hydrogen-bond acceptors (Lipinski definition) is 11. The van der Waals surface area contributed by atoms with Crippen LogP contribution >= 0.6 is 0 Å². The van der Waals surface area contributed by atoms with Crippen molar-refractivity contribution in [2.45, 2.75) is 107 Å². The van der Waals surface area contributed by atoms with Crippen molar-refractivity contribution in [1.82, 2.24) is 9.97 Å². The summed E-state index contributed by atoms with van der Waals surface area (Å²) in [6.07, 6.45) is 3.13. The first kappa shape index (κ1) is 59.4. The molecule has 1 N–H and O–H groups in total. The van der Waals surface area contributed by atoms with Gasteiger partial charge in [0.1, 0.15) is 40.7 Å². The lowest BCUT2D eigenvalue weighted by Crippen LogP contribution is -2.34. The first-order valence-corrected chi connectivity index (χ1v) is 26.9. The van der Waals surface area contributed by atoms with Gasteiger partial charge >= 0.3 is 5.97 Å². The maximum absolute atomic E-state index is 13.7. The van der Waals surface area contributed by atoms with E-state index in [2.05, 4.69) is 118 Å². The Morgan fingerprint density at radius 1 is 0.525 bits per heavy atom. The van der Waals surface area contributed by atoms with Gasteiger partial charge in [0.2, 0.25) is 11.8 Å². The van der Waals surface area contributed by atoms with Crippen LogP contribution < -0.4 is 28.7 Å². The second-order valence-corrected chi connectivity index (χ2v) is 22.6. The summed E-state index contributed by atoms with van der Waals surface area (Å²) >= 11 is 0. The summed E-state index contributed by atoms with van der Waals surface area (Å²) in [4.78, 5) is 52.1. The minimum atomic E-state index is -0.742. The van der Waals surface area contributed by atoms with Crippen LogP contribution in [0.15, 0.2) is 146 Å². The molecule has 2 unspecified atom stereocenters. The summed E-state index contributed by atoms with van der Waals surface area (Å²) in [6.45, 7) is 20.6. The monoisotopic (exact) mass is 1080 g/mol. The molecule has 0 saturated heterocycles. The lowest BCUT2D eigenvalue weighted by Gasteiger charge is -2.27. The molecule has 2 aromatic heterocycles. The molecule has 0 aliphatic carbocycles. The number of rotatable bonds is 18. The Morgan fingerprint density at radius 3 is 1.29 bits per heavy atom. The minimum Gasteiger partial charge on any atom is -0.496 e. The summed E-state index contributed by atoms with van der Waals surface area (Å²) in [5.74, 6) is 3.69. The van der Waals surface area contributed by atoms with Crippen LogP contribution in [0.5, 0.6) is 23.0 Å². The van der Waals surface area contributed by atoms with Gasteiger partial charge in [0.05, 0.1) is 41.0 Å². The summed E-state index contributed by atoms with van der Waals surface area (Å²) < 4.78 is 27.1. The number of fused-ring (bicyclic) bond motifs is 2. The fourth-order valence-corrected chi connectivity index (χ4v) is 9.29. The number of aryl methyl sites for hydroxylation is 2. The third kappa shape index (κ3) is 15.5. The van der Waals surface area contributed by atoms with E-state index in [1.807, 2.05) is 81.4 Å². The first-order chi connectivity index (χ1) is 38.1. The average molecular weight is 1080 g/mol. The highest BCUT2D eigenvalue weighted by atomic mass is 16.6. The molecular weight excluding hydrogens is 1000 g/mol. The van der Waals surface area contributed by atoms with Crippen molar-refractivity contribution < 1.29 is 43.2 Å². The highest BCUT2D eigenvalue weighted by molar-refractivity contribution is 6.03. The van der Waals surface area contributed by atoms with Gasteiger partial charge < -0.3 is 28.8 Å². The van der Waals surface area contributed by atoms with Crippen LogP contribution in [0, 0.1) is 24.7 Å². The van der Waals surface area contributed by atoms with Crippen LogP contribution in [0.1, 0.15) is 90.5 Å². The Morgan fingerprint density at radius 2 is 0.925 bits per heavy atom. The maximum Gasteiger partial charge on any atom is 0.346 e. The van der Waals surface area contributed by atoms with Crippen LogP contribution in [0.25, 0.3) is 43.8 Å². The molecule has 6 aromatic carbocycles. The molecule has 8 rings (SSSR count). The molecule has 0 aliphatic heterocycles. The van der Waals surface area contributed by atoms with Gasteiger partial charge in [0, 0.05) is 36.0 Å². The predicted molar refractivity (Wildman–Crippen MR) is 320 cm³/mol. The van der Waals surface area contributed by atoms with Crippen LogP contribution in [-0.2, 0) is 32.2 Å². The van der Waals surface area contributed by atoms with Crippen LogP contribution in [0.3, 0.4) is 0 Å². The summed E-state index contributed by atoms with van der Waals surface area (Å²) in [5.41, 5.74) is 8.21. The molecule has 0 saturated carbocycles. The van der Waals surface area contributed by atoms with E-state index in [1.165, 1.54) is 7.11 Å². The highest BCUT2D eigenvalue weighted by Crippen LogP contribution is 2.35. The molecule has 0 aliphatic rings. The fourth-order valence-electron chi connectivity index (χ4n) is 9.29. The fraction of sp³-hybridized carbons (Fsp3) is 0.328. The highest BCUT2D eigenvalue weighted by Gasteiger charge is 2.27. The van der Waals surface area contributed by atoms with Gasteiger partial charge in [-0.25, -0.2) is 14.8 Å². The number of anilines is 2. The van der Waals surface area contributed by atoms with E-state index >= 15 is 0 Å². The van der Waals surface area contributed by atoms with E-state index in [-0.39, 0.29) is 35.4 Å². The van der Waals surface area contributed by atoms with Crippen molar-refractivity contribution >= 4 is 51.0 Å². The standard InChI is InChI=1S/C34H38N2O5.C33H38N2O4/c1-22-18-26(12-15-30(22)39-6)25-10-8-24(9-11-25)21-36(31(37)20-34(3,4)5)32-29-14-13-28(19-27(29)16-17-35-32)41-23(2)33(38)40-7;1-22-17-26(11-14-30(22)38-6)25-9-7-24(8-10-25)20-35(31(37)19-33(3,4)5)32-29-13-12-28(39-23(2)21-36)18-27(29)15-16-34-32/h8-19,23H,20-21H2,1-7H3;7-18,23,36H,19-21H2,1-6H3. The van der Waals surface area contributed by atoms with Crippen LogP contribution in [-0.4, -0.2) is 73.0 Å². The van der Waals surface area contributed by atoms with Crippen molar-refractivity contribution in [3.63, 3.8) is 0 Å². The van der Waals surface area contributed by atoms with E-state index in [0.29, 0.717) is 49.1 Å². The van der Waals surface area contributed by atoms with E-state index in [4.69, 9.17) is 23.7 Å². The van der Waals surface area contributed by atoms with E-state index < -0.39 is 12.1 Å². The molecule has 418 valence electrons. The third-order valence-corrected chi connectivity index (χ3v) is 13.4. The molecule has 13 nitrogen and oxygen atoms in total. The van der Waals surface area contributed by atoms with E-state index in [9.17, 15) is 19.5 Å². The van der Waals surface area contributed by atoms with E-state index in [0.717, 1.165) is 77.6 Å². The number of hydrogen-bond donors (Lipinski definition) is 1. The molecule has 80 heavy (non-hydrogen) atoms. The third-order valence-electron chi connectivity index (χ3n) is 13.4. The summed E-state index contributed by atoms with van der Waals surface area (Å²) in [6, 6.07) is 43.9. The molecular formula is C67H76N4O9. The Balaban J connectivity index is 0.000000231. The number of amides is 2. The minimum absolute atomic E-state index is 0.00741. The summed E-state index contributed by atoms with van der Waals surface area (Å²) in [7, 11) is 4.68. The number of aliphatic hydroxyl groups is 1. The molecule has 8 aromatic rings. The zero-order valence-corrected chi connectivity index (χ0v) is 48.5. The average Bonchev–Trinajstić information content (AvgIpc) is 3.43. The van der Waals surface area contributed by atoms with Crippen LogP contribution in [0.2, 0.25) is 0 Å². The molecule has 2 atom stereocenters. The zero-order valence-electron chi connectivity index (χ0n) is 48.5. The van der Waals surface area contributed by atoms with Crippen molar-refractivity contribution in [3.05, 3.63) is 168 Å². The first-order valence-electron chi connectivity index (χ1n) is 26.9. The van der Waals surface area contributed by atoms with Gasteiger partial charge in [0.25, 0.3) is 0 Å². The SMILES string of the molecule is COC(=O)C(C)Oc1ccc2c(N(Cc3ccc(-c4ccc(OC)c(C)c4)cc3)C(=O)CC(C)(C)C)nccc2c1.COc1ccc(-c2ccc(CN(C(=O)CC(C)(C)C)c3nccc4cc(OC(C)CO)ccc34)cc2)cc1C. The Labute approximate surface area is 471 Å². The number of carbonyl (C=O) groups excluding carboxylic acids is 3. The number of aromatic nitrogens is 2. The summed E-state index contributed by atoms with van der Waals surface area (Å²) in [5, 5.41) is 12.8. The molecule has 0 fully saturated rings. The molecule has 2 amide bonds. The second-order valence-electron chi connectivity index (χ2n) is 22.6. The van der Waals surface area contributed by atoms with Gasteiger partial charge in [0.15, 0.2) is 6.10 Å². The van der Waals surface area contributed by atoms with Crippen LogP contribution in [0.4, 0.5) is 11.6 Å². The van der Waals surface area contributed by atoms with Crippen molar-refractivity contribution in [2.75, 3.05) is 37.7 Å². The number of esters is 1. The lowest BCUT2D eigenvalue weighted by molar-refractivity contribution is -0.147. The number of methoxy groups -OCH3 is 3. The van der Waals surface area contributed by atoms with Gasteiger partial charge in [-0.1, -0.05) is 102 Å². The molecule has 0 spiro atoms. The van der Waals surface area contributed by atoms with Gasteiger partial charge in [-0.15, -0.1) is 0 Å². The predicted octanol–water partition coefficient (Wildman–Crippen LogP) is 14.1. The quantitative estimate of drug-likeness (QED) is 0.0818. The largest absolute Gasteiger partial charge is 0.496 e. The number of nitrogens with zero attached hydrogens (tertiary/aromatic N) is 4. The Kier molecular flexibility index (Phi) is 19.4. The lowest BCUT2D eigenvalue weighted by atomic mass is 9.91. The zero-order chi connectivity index (χ0) is 57.9. The van der Waals surface area contributed by atoms with Gasteiger partial charge in [-0.05, 0) is 167 Å². The van der Waals surface area contributed by atoms with Gasteiger partial charge in [-0.2, -0.15) is 0 Å². The molecule has 2 heterocycles. The molecule has 13 heteroatoms. The number of carbonyl (C=O) groups is 3.